The second-order valence-corrected chi connectivity index (χ2v) is 7.09. The lowest BCUT2D eigenvalue weighted by atomic mass is 9.91. The van der Waals surface area contributed by atoms with Crippen molar-refractivity contribution in [1.29, 1.82) is 0 Å². The topological polar surface area (TPSA) is 42.4 Å². The van der Waals surface area contributed by atoms with E-state index in [2.05, 4.69) is 4.98 Å². The van der Waals surface area contributed by atoms with Crippen LogP contribution < -0.4 is 0 Å². The van der Waals surface area contributed by atoms with Crippen LogP contribution in [-0.4, -0.2) is 34.7 Å². The van der Waals surface area contributed by atoms with Crippen molar-refractivity contribution in [3.8, 4) is 0 Å². The number of carbonyl (C=O) groups excluding carboxylic acids is 1. The summed E-state index contributed by atoms with van der Waals surface area (Å²) in [4.78, 5) is 17.9. The first kappa shape index (κ1) is 16.4. The Balaban J connectivity index is 2.08. The second-order valence-electron chi connectivity index (χ2n) is 6.31. The highest BCUT2D eigenvalue weighted by molar-refractivity contribution is 6.32. The van der Waals surface area contributed by atoms with E-state index >= 15 is 0 Å². The van der Waals surface area contributed by atoms with E-state index in [9.17, 15) is 4.79 Å². The van der Waals surface area contributed by atoms with Gasteiger partial charge in [0.1, 0.15) is 15.9 Å². The molecule has 1 unspecified atom stereocenters. The van der Waals surface area contributed by atoms with Gasteiger partial charge in [0, 0.05) is 19.0 Å². The van der Waals surface area contributed by atoms with E-state index in [0.29, 0.717) is 16.9 Å². The fraction of sp³-hybridized carbons (Fsp3) is 0.600. The molecule has 0 aliphatic carbocycles. The lowest BCUT2D eigenvalue weighted by Crippen LogP contribution is -2.42. The Kier molecular flexibility index (Phi) is 4.99. The van der Waals surface area contributed by atoms with Crippen molar-refractivity contribution in [3.63, 3.8) is 0 Å². The van der Waals surface area contributed by atoms with E-state index in [-0.39, 0.29) is 12.0 Å². The summed E-state index contributed by atoms with van der Waals surface area (Å²) >= 11 is 11.9. The highest BCUT2D eigenvalue weighted by Crippen LogP contribution is 2.30. The molecule has 116 valence electrons. The number of piperidine rings is 1. The lowest BCUT2D eigenvalue weighted by Gasteiger charge is -2.34. The van der Waals surface area contributed by atoms with Gasteiger partial charge in [-0.3, -0.25) is 0 Å². The van der Waals surface area contributed by atoms with Gasteiger partial charge in [0.25, 0.3) is 0 Å². The van der Waals surface area contributed by atoms with Crippen LogP contribution in [0.4, 0.5) is 4.79 Å². The first-order valence-corrected chi connectivity index (χ1v) is 7.81. The maximum atomic E-state index is 12.2. The Morgan fingerprint density at radius 3 is 2.52 bits per heavy atom. The molecule has 4 nitrogen and oxygen atoms in total. The van der Waals surface area contributed by atoms with Gasteiger partial charge < -0.3 is 9.64 Å². The summed E-state index contributed by atoms with van der Waals surface area (Å²) in [5.41, 5.74) is 0.543. The third-order valence-electron chi connectivity index (χ3n) is 3.33. The Bertz CT molecular complexity index is 509. The number of likely N-dealkylation sites (tertiary alicyclic amines) is 1. The van der Waals surface area contributed by atoms with Crippen LogP contribution >= 0.6 is 23.2 Å². The van der Waals surface area contributed by atoms with Gasteiger partial charge >= 0.3 is 6.09 Å². The molecule has 21 heavy (non-hydrogen) atoms. The smallest absolute Gasteiger partial charge is 0.410 e. The minimum atomic E-state index is -0.479. The quantitative estimate of drug-likeness (QED) is 0.712. The maximum absolute atomic E-state index is 12.2. The number of hydrogen-bond acceptors (Lipinski definition) is 3. The predicted octanol–water partition coefficient (Wildman–Crippen LogP) is 4.50. The number of hydrogen-bond donors (Lipinski definition) is 0. The van der Waals surface area contributed by atoms with Crippen LogP contribution in [0, 0.1) is 0 Å². The minimum Gasteiger partial charge on any atom is -0.444 e. The molecule has 0 radical (unpaired) electrons. The van der Waals surface area contributed by atoms with Crippen LogP contribution in [0.25, 0.3) is 0 Å². The predicted molar refractivity (Wildman–Crippen MR) is 84.0 cm³/mol. The monoisotopic (exact) mass is 330 g/mol. The summed E-state index contributed by atoms with van der Waals surface area (Å²) in [6.45, 7) is 6.95. The largest absolute Gasteiger partial charge is 0.444 e. The van der Waals surface area contributed by atoms with Crippen molar-refractivity contribution >= 4 is 29.3 Å². The van der Waals surface area contributed by atoms with E-state index < -0.39 is 5.60 Å². The van der Waals surface area contributed by atoms with Crippen LogP contribution in [-0.2, 0) is 4.74 Å². The van der Waals surface area contributed by atoms with E-state index in [4.69, 9.17) is 27.9 Å². The molecule has 1 aromatic heterocycles. The first-order chi connectivity index (χ1) is 9.74. The molecule has 1 aliphatic heterocycles. The highest BCUT2D eigenvalue weighted by atomic mass is 35.5. The molecule has 2 rings (SSSR count). The van der Waals surface area contributed by atoms with E-state index in [1.165, 1.54) is 0 Å². The third-order valence-corrected chi connectivity index (χ3v) is 3.72. The Morgan fingerprint density at radius 1 is 1.33 bits per heavy atom. The highest BCUT2D eigenvalue weighted by Gasteiger charge is 2.28. The number of amides is 1. The number of rotatable bonds is 1. The summed E-state index contributed by atoms with van der Waals surface area (Å²) in [7, 11) is 0. The van der Waals surface area contributed by atoms with Gasteiger partial charge in [0.2, 0.25) is 0 Å². The molecule has 0 N–H and O–H groups in total. The van der Waals surface area contributed by atoms with Crippen molar-refractivity contribution < 1.29 is 9.53 Å². The van der Waals surface area contributed by atoms with Gasteiger partial charge in [-0.1, -0.05) is 23.2 Å². The Morgan fingerprint density at radius 2 is 1.95 bits per heavy atom. The standard InChI is InChI=1S/C15H20Cl2N2O2/c1-15(2,3)21-14(20)19-6-4-5-10(9-19)11-7-12(16)18-13(17)8-11/h7-8,10H,4-6,9H2,1-3H3. The van der Waals surface area contributed by atoms with Gasteiger partial charge in [0.05, 0.1) is 0 Å². The lowest BCUT2D eigenvalue weighted by molar-refractivity contribution is 0.0198. The molecule has 1 saturated heterocycles. The molecule has 1 aromatic rings. The molecule has 0 bridgehead atoms. The summed E-state index contributed by atoms with van der Waals surface area (Å²) in [6, 6.07) is 3.63. The third kappa shape index (κ3) is 4.75. The van der Waals surface area contributed by atoms with E-state index in [1.54, 1.807) is 4.90 Å². The number of ether oxygens (including phenoxy) is 1. The molecule has 2 heterocycles. The van der Waals surface area contributed by atoms with Crippen LogP contribution in [0.15, 0.2) is 12.1 Å². The summed E-state index contributed by atoms with van der Waals surface area (Å²) in [5.74, 6) is 0.212. The molecule has 1 fully saturated rings. The van der Waals surface area contributed by atoms with Crippen LogP contribution in [0.2, 0.25) is 10.3 Å². The van der Waals surface area contributed by atoms with Crippen LogP contribution in [0.5, 0.6) is 0 Å². The SMILES string of the molecule is CC(C)(C)OC(=O)N1CCCC(c2cc(Cl)nc(Cl)c2)C1. The number of pyridine rings is 1. The van der Waals surface area contributed by atoms with Gasteiger partial charge in [-0.25, -0.2) is 9.78 Å². The molecule has 0 aromatic carbocycles. The molecule has 0 saturated carbocycles. The Hall–Kier alpha value is -1.00. The van der Waals surface area contributed by atoms with Crippen molar-refractivity contribution in [3.05, 3.63) is 28.0 Å². The molecular weight excluding hydrogens is 311 g/mol. The average Bonchev–Trinajstić information content (AvgIpc) is 2.36. The van der Waals surface area contributed by atoms with Crippen molar-refractivity contribution in [1.82, 2.24) is 9.88 Å². The number of halogens is 2. The summed E-state index contributed by atoms with van der Waals surface area (Å²) < 4.78 is 5.43. The molecule has 1 aliphatic rings. The van der Waals surface area contributed by atoms with E-state index in [0.717, 1.165) is 24.9 Å². The van der Waals surface area contributed by atoms with Gasteiger partial charge in [-0.05, 0) is 51.3 Å². The van der Waals surface area contributed by atoms with Crippen molar-refractivity contribution in [2.45, 2.75) is 45.1 Å². The fourth-order valence-corrected chi connectivity index (χ4v) is 2.94. The number of aromatic nitrogens is 1. The second kappa shape index (κ2) is 6.41. The van der Waals surface area contributed by atoms with Crippen molar-refractivity contribution in [2.24, 2.45) is 0 Å². The molecule has 6 heteroatoms. The van der Waals surface area contributed by atoms with Gasteiger partial charge in [-0.2, -0.15) is 0 Å². The zero-order chi connectivity index (χ0) is 15.6. The Labute approximate surface area is 135 Å². The fourth-order valence-electron chi connectivity index (χ4n) is 2.46. The minimum absolute atomic E-state index is 0.212. The van der Waals surface area contributed by atoms with Gasteiger partial charge in [-0.15, -0.1) is 0 Å². The summed E-state index contributed by atoms with van der Waals surface area (Å²) in [6.07, 6.45) is 1.66. The molecule has 0 spiro atoms. The maximum Gasteiger partial charge on any atom is 0.410 e. The normalized spacial score (nSPS) is 19.5. The number of carbonyl (C=O) groups is 1. The average molecular weight is 331 g/mol. The molecule has 1 atom stereocenters. The van der Waals surface area contributed by atoms with Crippen molar-refractivity contribution in [2.75, 3.05) is 13.1 Å². The zero-order valence-electron chi connectivity index (χ0n) is 12.5. The van der Waals surface area contributed by atoms with Crippen LogP contribution in [0.1, 0.15) is 45.1 Å². The zero-order valence-corrected chi connectivity index (χ0v) is 14.0. The number of nitrogens with zero attached hydrogens (tertiary/aromatic N) is 2. The van der Waals surface area contributed by atoms with Gasteiger partial charge in [0.15, 0.2) is 0 Å². The van der Waals surface area contributed by atoms with Crippen LogP contribution in [0.3, 0.4) is 0 Å². The molecular formula is C15H20Cl2N2O2. The van der Waals surface area contributed by atoms with E-state index in [1.807, 2.05) is 32.9 Å². The molecule has 1 amide bonds. The first-order valence-electron chi connectivity index (χ1n) is 7.05. The summed E-state index contributed by atoms with van der Waals surface area (Å²) in [5, 5.41) is 0.763.